The first-order valence-electron chi connectivity index (χ1n) is 6.75. The Morgan fingerprint density at radius 3 is 2.75 bits per heavy atom. The van der Waals surface area contributed by atoms with E-state index in [1.54, 1.807) is 17.8 Å². The van der Waals surface area contributed by atoms with E-state index in [9.17, 15) is 15.0 Å². The van der Waals surface area contributed by atoms with Crippen LogP contribution in [-0.2, 0) is 4.79 Å². The largest absolute Gasteiger partial charge is 0.481 e. The Hall–Kier alpha value is -0.710. The van der Waals surface area contributed by atoms with Gasteiger partial charge in [0, 0.05) is 4.90 Å². The maximum atomic E-state index is 11.5. The lowest BCUT2D eigenvalue weighted by molar-refractivity contribution is -0.139. The van der Waals surface area contributed by atoms with Crippen molar-refractivity contribution in [1.82, 2.24) is 0 Å². The first-order valence-corrected chi connectivity index (χ1v) is 8.35. The molecule has 3 nitrogen and oxygen atoms in total. The van der Waals surface area contributed by atoms with E-state index < -0.39 is 11.9 Å². The molecule has 1 saturated carbocycles. The average Bonchev–Trinajstić information content (AvgIpc) is 2.81. The van der Waals surface area contributed by atoms with E-state index in [1.807, 2.05) is 18.4 Å². The highest BCUT2D eigenvalue weighted by Crippen LogP contribution is 2.36. The molecule has 20 heavy (non-hydrogen) atoms. The fourth-order valence-electron chi connectivity index (χ4n) is 2.87. The van der Waals surface area contributed by atoms with E-state index >= 15 is 0 Å². The molecule has 1 aromatic rings. The fraction of sp³-hybridized carbons (Fsp3) is 0.533. The molecule has 0 heterocycles. The number of halogens is 1. The molecule has 5 heteroatoms. The van der Waals surface area contributed by atoms with Crippen molar-refractivity contribution in [2.45, 2.75) is 42.6 Å². The summed E-state index contributed by atoms with van der Waals surface area (Å²) in [5.74, 6) is -1.08. The molecule has 1 aliphatic carbocycles. The third-order valence-corrected chi connectivity index (χ3v) is 5.18. The lowest BCUT2D eigenvalue weighted by Crippen LogP contribution is -2.15. The number of rotatable bonds is 5. The molecule has 1 aromatic carbocycles. The van der Waals surface area contributed by atoms with E-state index in [0.29, 0.717) is 17.9 Å². The van der Waals surface area contributed by atoms with Crippen LogP contribution in [0.3, 0.4) is 0 Å². The highest BCUT2D eigenvalue weighted by molar-refractivity contribution is 7.98. The highest BCUT2D eigenvalue weighted by Gasteiger charge is 2.29. The molecule has 2 rings (SSSR count). The molecule has 1 fully saturated rings. The van der Waals surface area contributed by atoms with Gasteiger partial charge in [-0.2, -0.15) is 0 Å². The van der Waals surface area contributed by atoms with Crippen molar-refractivity contribution in [3.63, 3.8) is 0 Å². The van der Waals surface area contributed by atoms with Crippen molar-refractivity contribution < 1.29 is 15.0 Å². The third-order valence-electron chi connectivity index (χ3n) is 3.96. The lowest BCUT2D eigenvalue weighted by atomic mass is 9.88. The summed E-state index contributed by atoms with van der Waals surface area (Å²) in [7, 11) is 0. The second-order valence-electron chi connectivity index (χ2n) is 5.35. The van der Waals surface area contributed by atoms with E-state index in [1.165, 1.54) is 0 Å². The lowest BCUT2D eigenvalue weighted by Gasteiger charge is -2.18. The molecular weight excluding hydrogens is 296 g/mol. The van der Waals surface area contributed by atoms with Gasteiger partial charge in [0.25, 0.3) is 0 Å². The van der Waals surface area contributed by atoms with Crippen LogP contribution in [0.25, 0.3) is 0 Å². The minimum absolute atomic E-state index is 0.267. The topological polar surface area (TPSA) is 57.5 Å². The van der Waals surface area contributed by atoms with Gasteiger partial charge in [-0.05, 0) is 55.6 Å². The van der Waals surface area contributed by atoms with Gasteiger partial charge in [0.1, 0.15) is 0 Å². The monoisotopic (exact) mass is 314 g/mol. The maximum Gasteiger partial charge on any atom is 0.310 e. The zero-order valence-electron chi connectivity index (χ0n) is 11.4. The number of aliphatic hydroxyl groups is 1. The zero-order chi connectivity index (χ0) is 14.7. The third kappa shape index (κ3) is 3.68. The molecule has 3 atom stereocenters. The Morgan fingerprint density at radius 1 is 1.50 bits per heavy atom. The van der Waals surface area contributed by atoms with E-state index in [4.69, 9.17) is 11.6 Å². The number of benzene rings is 1. The zero-order valence-corrected chi connectivity index (χ0v) is 13.0. The summed E-state index contributed by atoms with van der Waals surface area (Å²) >= 11 is 7.71. The molecule has 2 N–H and O–H groups in total. The standard InChI is InChI=1S/C15H19ClO3S/c1-20-14-5-3-10(8-13(14)16)12(15(18)19)7-9-2-4-11(17)6-9/h3,5,8-9,11-12,17H,2,4,6-7H2,1H3,(H,18,19)/t9?,11?,12-/m1/s1. The van der Waals surface area contributed by atoms with Gasteiger partial charge < -0.3 is 10.2 Å². The Morgan fingerprint density at radius 2 is 2.25 bits per heavy atom. The maximum absolute atomic E-state index is 11.5. The normalized spacial score (nSPS) is 23.8. The van der Waals surface area contributed by atoms with Gasteiger partial charge >= 0.3 is 5.97 Å². The second-order valence-corrected chi connectivity index (χ2v) is 6.61. The first-order chi connectivity index (χ1) is 9.51. The van der Waals surface area contributed by atoms with Crippen LogP contribution in [0.1, 0.15) is 37.2 Å². The molecule has 0 bridgehead atoms. The Kier molecular flexibility index (Phi) is 5.35. The quantitative estimate of drug-likeness (QED) is 0.812. The van der Waals surface area contributed by atoms with Gasteiger partial charge in [0.05, 0.1) is 17.0 Å². The summed E-state index contributed by atoms with van der Waals surface area (Å²) in [6, 6.07) is 5.49. The number of hydrogen-bond acceptors (Lipinski definition) is 3. The van der Waals surface area contributed by atoms with Gasteiger partial charge in [-0.1, -0.05) is 17.7 Å². The van der Waals surface area contributed by atoms with Crippen LogP contribution >= 0.6 is 23.4 Å². The van der Waals surface area contributed by atoms with Crippen LogP contribution in [-0.4, -0.2) is 28.5 Å². The van der Waals surface area contributed by atoms with Crippen LogP contribution in [0.5, 0.6) is 0 Å². The Bertz CT molecular complexity index is 492. The summed E-state index contributed by atoms with van der Waals surface area (Å²) in [5.41, 5.74) is 0.752. The summed E-state index contributed by atoms with van der Waals surface area (Å²) < 4.78 is 0. The van der Waals surface area contributed by atoms with Gasteiger partial charge in [-0.25, -0.2) is 0 Å². The molecule has 0 radical (unpaired) electrons. The molecule has 0 saturated heterocycles. The van der Waals surface area contributed by atoms with Crippen molar-refractivity contribution in [2.24, 2.45) is 5.92 Å². The van der Waals surface area contributed by atoms with Crippen molar-refractivity contribution in [2.75, 3.05) is 6.26 Å². The van der Waals surface area contributed by atoms with Crippen LogP contribution in [0.15, 0.2) is 23.1 Å². The van der Waals surface area contributed by atoms with Crippen molar-refractivity contribution in [3.05, 3.63) is 28.8 Å². The van der Waals surface area contributed by atoms with Crippen molar-refractivity contribution >= 4 is 29.3 Å². The number of carbonyl (C=O) groups is 1. The van der Waals surface area contributed by atoms with E-state index in [0.717, 1.165) is 23.3 Å². The molecule has 2 unspecified atom stereocenters. The van der Waals surface area contributed by atoms with Crippen LogP contribution in [0, 0.1) is 5.92 Å². The Balaban J connectivity index is 2.16. The van der Waals surface area contributed by atoms with Crippen LogP contribution < -0.4 is 0 Å². The van der Waals surface area contributed by atoms with Crippen LogP contribution in [0.4, 0.5) is 0 Å². The van der Waals surface area contributed by atoms with Crippen molar-refractivity contribution in [1.29, 1.82) is 0 Å². The molecule has 110 valence electrons. The minimum atomic E-state index is -0.820. The summed E-state index contributed by atoms with van der Waals surface area (Å²) in [5, 5.41) is 19.6. The number of hydrogen-bond donors (Lipinski definition) is 2. The molecule has 0 aliphatic heterocycles. The summed E-state index contributed by atoms with van der Waals surface area (Å²) in [6.07, 6.45) is 4.64. The van der Waals surface area contributed by atoms with Gasteiger partial charge in [0.15, 0.2) is 0 Å². The molecular formula is C15H19ClO3S. The van der Waals surface area contributed by atoms with E-state index in [-0.39, 0.29) is 12.0 Å². The molecule has 0 amide bonds. The predicted molar refractivity (Wildman–Crippen MR) is 81.6 cm³/mol. The van der Waals surface area contributed by atoms with Gasteiger partial charge in [-0.3, -0.25) is 4.79 Å². The number of thioether (sulfide) groups is 1. The molecule has 0 aromatic heterocycles. The van der Waals surface area contributed by atoms with Gasteiger partial charge in [-0.15, -0.1) is 11.8 Å². The van der Waals surface area contributed by atoms with E-state index in [2.05, 4.69) is 0 Å². The summed E-state index contributed by atoms with van der Waals surface area (Å²) in [4.78, 5) is 12.5. The second kappa shape index (κ2) is 6.83. The first kappa shape index (κ1) is 15.7. The highest BCUT2D eigenvalue weighted by atomic mass is 35.5. The number of carboxylic acid groups (broad SMARTS) is 1. The number of carboxylic acids is 1. The Labute approximate surface area is 128 Å². The SMILES string of the molecule is CSc1ccc([C@@H](CC2CCC(O)C2)C(=O)O)cc1Cl. The van der Waals surface area contributed by atoms with Crippen molar-refractivity contribution in [3.8, 4) is 0 Å². The summed E-state index contributed by atoms with van der Waals surface area (Å²) in [6.45, 7) is 0. The minimum Gasteiger partial charge on any atom is -0.481 e. The predicted octanol–water partition coefficient (Wildman–Crippen LogP) is 3.78. The average molecular weight is 315 g/mol. The molecule has 0 spiro atoms. The number of aliphatic hydroxyl groups excluding tert-OH is 1. The molecule has 1 aliphatic rings. The van der Waals surface area contributed by atoms with Crippen LogP contribution in [0.2, 0.25) is 5.02 Å². The fourth-order valence-corrected chi connectivity index (χ4v) is 3.75. The number of aliphatic carboxylic acids is 1. The smallest absolute Gasteiger partial charge is 0.310 e. The van der Waals surface area contributed by atoms with Gasteiger partial charge in [0.2, 0.25) is 0 Å².